The van der Waals surface area contributed by atoms with Crippen LogP contribution in [0.5, 0.6) is 5.75 Å². The van der Waals surface area contributed by atoms with Crippen molar-refractivity contribution in [3.05, 3.63) is 71.6 Å². The van der Waals surface area contributed by atoms with E-state index in [0.29, 0.717) is 31.1 Å². The number of ether oxygens (including phenoxy) is 2. The largest absolute Gasteiger partial charge is 0.487 e. The van der Waals surface area contributed by atoms with Gasteiger partial charge in [-0.15, -0.1) is 0 Å². The van der Waals surface area contributed by atoms with Gasteiger partial charge in [-0.1, -0.05) is 30.3 Å². The Labute approximate surface area is 182 Å². The van der Waals surface area contributed by atoms with Crippen LogP contribution in [0.3, 0.4) is 0 Å². The van der Waals surface area contributed by atoms with Crippen LogP contribution in [0.2, 0.25) is 0 Å². The first kappa shape index (κ1) is 23.0. The van der Waals surface area contributed by atoms with Crippen molar-refractivity contribution in [2.45, 2.75) is 45.2 Å². The van der Waals surface area contributed by atoms with Crippen LogP contribution >= 0.6 is 0 Å². The van der Waals surface area contributed by atoms with E-state index in [2.05, 4.69) is 4.98 Å². The van der Waals surface area contributed by atoms with Gasteiger partial charge in [-0.3, -0.25) is 4.55 Å². The van der Waals surface area contributed by atoms with Gasteiger partial charge in [0, 0.05) is 12.2 Å². The second kappa shape index (κ2) is 10.6. The minimum Gasteiger partial charge on any atom is -0.487 e. The molecule has 1 unspecified atom stereocenters. The monoisotopic (exact) mass is 445 g/mol. The lowest BCUT2D eigenvalue weighted by atomic mass is 10.1. The zero-order valence-electron chi connectivity index (χ0n) is 17.7. The number of hydrogen-bond donors (Lipinski definition) is 1. The highest BCUT2D eigenvalue weighted by Gasteiger charge is 2.22. The third-order valence-corrected chi connectivity index (χ3v) is 5.84. The van der Waals surface area contributed by atoms with Gasteiger partial charge >= 0.3 is 0 Å². The lowest BCUT2D eigenvalue weighted by Crippen LogP contribution is -2.24. The number of nitrogens with zero attached hydrogens (tertiary/aromatic N) is 1. The summed E-state index contributed by atoms with van der Waals surface area (Å²) in [6, 6.07) is 17.3. The van der Waals surface area contributed by atoms with Gasteiger partial charge in [-0.2, -0.15) is 8.42 Å². The van der Waals surface area contributed by atoms with Crippen LogP contribution in [-0.2, 0) is 27.9 Å². The lowest BCUT2D eigenvalue weighted by molar-refractivity contribution is 0.103. The Morgan fingerprint density at radius 3 is 2.45 bits per heavy atom. The van der Waals surface area contributed by atoms with E-state index >= 15 is 0 Å². The van der Waals surface area contributed by atoms with Crippen LogP contribution < -0.4 is 4.74 Å². The van der Waals surface area contributed by atoms with Crippen LogP contribution in [0, 0.1) is 6.92 Å². The molecule has 1 N–H and O–H groups in total. The zero-order chi connectivity index (χ0) is 22.3. The van der Waals surface area contributed by atoms with E-state index in [1.807, 2.05) is 61.5 Å². The SMILES string of the molecule is CCOC(CCCc1ccc(OCc2nc(-c3ccccc3)oc2C)cc1)S(=O)(=O)O. The fourth-order valence-electron chi connectivity index (χ4n) is 3.15. The average molecular weight is 446 g/mol. The van der Waals surface area contributed by atoms with Crippen molar-refractivity contribution in [2.24, 2.45) is 0 Å². The Bertz CT molecular complexity index is 1060. The van der Waals surface area contributed by atoms with Crippen LogP contribution in [-0.4, -0.2) is 30.0 Å². The molecule has 166 valence electrons. The molecule has 0 saturated heterocycles. The topological polar surface area (TPSA) is 98.9 Å². The van der Waals surface area contributed by atoms with Gasteiger partial charge in [-0.25, -0.2) is 4.98 Å². The average Bonchev–Trinajstić information content (AvgIpc) is 3.13. The molecule has 0 bridgehead atoms. The molecule has 1 atom stereocenters. The van der Waals surface area contributed by atoms with Crippen LogP contribution in [0.1, 0.15) is 36.8 Å². The summed E-state index contributed by atoms with van der Waals surface area (Å²) in [5, 5.41) is 0. The Balaban J connectivity index is 1.51. The quantitative estimate of drug-likeness (QED) is 0.423. The first-order valence-electron chi connectivity index (χ1n) is 10.2. The number of rotatable bonds is 11. The van der Waals surface area contributed by atoms with Crippen LogP contribution in [0.25, 0.3) is 11.5 Å². The van der Waals surface area contributed by atoms with Crippen LogP contribution in [0.15, 0.2) is 59.0 Å². The number of aromatic nitrogens is 1. The van der Waals surface area contributed by atoms with Gasteiger partial charge in [0.1, 0.15) is 23.8 Å². The van der Waals surface area contributed by atoms with E-state index < -0.39 is 15.6 Å². The summed E-state index contributed by atoms with van der Waals surface area (Å²) in [5.41, 5.74) is 1.53. The molecule has 8 heteroatoms. The number of hydrogen-bond acceptors (Lipinski definition) is 6. The molecule has 1 aromatic heterocycles. The summed E-state index contributed by atoms with van der Waals surface area (Å²) >= 11 is 0. The summed E-state index contributed by atoms with van der Waals surface area (Å²) in [7, 11) is -4.20. The first-order chi connectivity index (χ1) is 14.9. The smallest absolute Gasteiger partial charge is 0.292 e. The maximum absolute atomic E-state index is 11.3. The van der Waals surface area contributed by atoms with Crippen molar-refractivity contribution in [2.75, 3.05) is 6.61 Å². The van der Waals surface area contributed by atoms with Gasteiger partial charge < -0.3 is 13.9 Å². The summed E-state index contributed by atoms with van der Waals surface area (Å²) in [6.07, 6.45) is 1.48. The molecular weight excluding hydrogens is 418 g/mol. The van der Waals surface area contributed by atoms with Crippen molar-refractivity contribution in [3.63, 3.8) is 0 Å². The van der Waals surface area contributed by atoms with E-state index in [1.165, 1.54) is 0 Å². The molecule has 0 amide bonds. The third kappa shape index (κ3) is 6.65. The van der Waals surface area contributed by atoms with Gasteiger partial charge in [0.25, 0.3) is 10.1 Å². The molecule has 0 saturated carbocycles. The predicted molar refractivity (Wildman–Crippen MR) is 117 cm³/mol. The Hall–Kier alpha value is -2.68. The second-order valence-electron chi connectivity index (χ2n) is 7.11. The maximum Gasteiger partial charge on any atom is 0.292 e. The van der Waals surface area contributed by atoms with E-state index in [-0.39, 0.29) is 13.0 Å². The molecule has 3 rings (SSSR count). The lowest BCUT2D eigenvalue weighted by Gasteiger charge is -2.13. The standard InChI is InChI=1S/C23H27NO6S/c1-3-28-22(31(25,26)27)11-7-8-18-12-14-20(15-13-18)29-16-21-17(2)30-23(24-21)19-9-5-4-6-10-19/h4-6,9-10,12-15,22H,3,7-8,11,16H2,1-2H3,(H,25,26,27). The molecule has 3 aromatic rings. The number of benzene rings is 2. The molecule has 0 aliphatic heterocycles. The van der Waals surface area contributed by atoms with Crippen molar-refractivity contribution >= 4 is 10.1 Å². The molecule has 0 aliphatic rings. The summed E-state index contributed by atoms with van der Waals surface area (Å²) in [4.78, 5) is 4.53. The Morgan fingerprint density at radius 2 is 1.81 bits per heavy atom. The van der Waals surface area contributed by atoms with Crippen LogP contribution in [0.4, 0.5) is 0 Å². The number of aryl methyl sites for hydroxylation is 2. The summed E-state index contributed by atoms with van der Waals surface area (Å²) in [5.74, 6) is 2.00. The molecule has 1 heterocycles. The highest BCUT2D eigenvalue weighted by Crippen LogP contribution is 2.23. The predicted octanol–water partition coefficient (Wildman–Crippen LogP) is 4.80. The highest BCUT2D eigenvalue weighted by molar-refractivity contribution is 7.86. The summed E-state index contributed by atoms with van der Waals surface area (Å²) in [6.45, 7) is 4.09. The van der Waals surface area contributed by atoms with Gasteiger partial charge in [-0.05, 0) is 62.9 Å². The third-order valence-electron chi connectivity index (χ3n) is 4.80. The fourth-order valence-corrected chi connectivity index (χ4v) is 3.92. The van der Waals surface area contributed by atoms with E-state index in [9.17, 15) is 13.0 Å². The minimum absolute atomic E-state index is 0.230. The summed E-state index contributed by atoms with van der Waals surface area (Å²) < 4.78 is 48.5. The van der Waals surface area contributed by atoms with Crippen molar-refractivity contribution < 1.29 is 26.9 Å². The molecule has 0 aliphatic carbocycles. The van der Waals surface area contributed by atoms with E-state index in [0.717, 1.165) is 22.6 Å². The molecule has 31 heavy (non-hydrogen) atoms. The minimum atomic E-state index is -4.20. The molecule has 0 radical (unpaired) electrons. The Kier molecular flexibility index (Phi) is 7.84. The molecule has 2 aromatic carbocycles. The molecular formula is C23H27NO6S. The molecule has 7 nitrogen and oxygen atoms in total. The van der Waals surface area contributed by atoms with Gasteiger partial charge in [0.15, 0.2) is 5.44 Å². The van der Waals surface area contributed by atoms with Gasteiger partial charge in [0.2, 0.25) is 5.89 Å². The second-order valence-corrected chi connectivity index (χ2v) is 8.67. The van der Waals surface area contributed by atoms with Crippen molar-refractivity contribution in [1.82, 2.24) is 4.98 Å². The van der Waals surface area contributed by atoms with Crippen molar-refractivity contribution in [3.8, 4) is 17.2 Å². The molecule has 0 spiro atoms. The maximum atomic E-state index is 11.3. The first-order valence-corrected chi connectivity index (χ1v) is 11.7. The zero-order valence-corrected chi connectivity index (χ0v) is 18.5. The van der Waals surface area contributed by atoms with E-state index in [4.69, 9.17) is 13.9 Å². The molecule has 0 fully saturated rings. The number of oxazole rings is 1. The highest BCUT2D eigenvalue weighted by atomic mass is 32.2. The fraction of sp³-hybridized carbons (Fsp3) is 0.348. The van der Waals surface area contributed by atoms with Crippen molar-refractivity contribution in [1.29, 1.82) is 0 Å². The Morgan fingerprint density at radius 1 is 1.10 bits per heavy atom. The van der Waals surface area contributed by atoms with Gasteiger partial charge in [0.05, 0.1) is 0 Å². The normalized spacial score (nSPS) is 12.6. The van der Waals surface area contributed by atoms with E-state index in [1.54, 1.807) is 6.92 Å².